The largest absolute Gasteiger partial charge is 0.330 e. The molecule has 0 heterocycles. The summed E-state index contributed by atoms with van der Waals surface area (Å²) in [5, 5.41) is 0. The van der Waals surface area contributed by atoms with Crippen LogP contribution in [0, 0.1) is 0 Å². The Morgan fingerprint density at radius 2 is 2.00 bits per heavy atom. The van der Waals surface area contributed by atoms with Crippen molar-refractivity contribution in [1.82, 2.24) is 0 Å². The third kappa shape index (κ3) is 6.31. The van der Waals surface area contributed by atoms with Crippen LogP contribution in [-0.2, 0) is 0 Å². The lowest BCUT2D eigenvalue weighted by Crippen LogP contribution is -1.77. The Hall–Kier alpha value is 0.310. The molecule has 0 aliphatic carbocycles. The predicted octanol–water partition coefficient (Wildman–Crippen LogP) is 2.77. The van der Waals surface area contributed by atoms with Crippen molar-refractivity contribution >= 4 is 12.0 Å². The summed E-state index contributed by atoms with van der Waals surface area (Å²) in [6.45, 7) is 2.19. The first-order valence-electron chi connectivity index (χ1n) is 3.18. The van der Waals surface area contributed by atoms with E-state index < -0.39 is 0 Å². The van der Waals surface area contributed by atoms with E-state index in [2.05, 4.69) is 6.92 Å². The van der Waals surface area contributed by atoms with Gasteiger partial charge in [0.1, 0.15) is 0 Å². The van der Waals surface area contributed by atoms with E-state index in [9.17, 15) is 0 Å². The molecule has 0 saturated carbocycles. The molecule has 50 valence electrons. The average molecular weight is 134 g/mol. The maximum Gasteiger partial charge on any atom is 0.0195 e. The first-order chi connectivity index (χ1) is 3.91. The van der Waals surface area contributed by atoms with Crippen molar-refractivity contribution in [2.24, 2.45) is 0 Å². The van der Waals surface area contributed by atoms with Gasteiger partial charge in [0.05, 0.1) is 0 Å². The zero-order valence-corrected chi connectivity index (χ0v) is 6.21. The van der Waals surface area contributed by atoms with Gasteiger partial charge in [0.2, 0.25) is 0 Å². The molecule has 0 aromatic carbocycles. The molecule has 1 nitrogen and oxygen atoms in total. The van der Waals surface area contributed by atoms with Gasteiger partial charge in [-0.25, -0.2) is 0 Å². The molecule has 2 heteroatoms. The Kier molecular flexibility index (Phi) is 7.59. The molecular weight excluding hydrogens is 120 g/mol. The van der Waals surface area contributed by atoms with E-state index in [0.717, 1.165) is 24.2 Å². The molecule has 0 radical (unpaired) electrons. The maximum absolute atomic E-state index is 8.28. The molecule has 0 aromatic heterocycles. The maximum atomic E-state index is 8.28. The molecule has 0 spiro atoms. The van der Waals surface area contributed by atoms with Crippen molar-refractivity contribution < 1.29 is 4.55 Å². The molecule has 0 unspecified atom stereocenters. The third-order valence-corrected chi connectivity index (χ3v) is 1.56. The van der Waals surface area contributed by atoms with E-state index in [-0.39, 0.29) is 0 Å². The summed E-state index contributed by atoms with van der Waals surface area (Å²) in [6.07, 6.45) is 5.01. The molecule has 0 atom stereocenters. The fourth-order valence-corrected chi connectivity index (χ4v) is 0.927. The van der Waals surface area contributed by atoms with Gasteiger partial charge in [-0.2, -0.15) is 0 Å². The second kappa shape index (κ2) is 7.31. The number of hydrogen-bond donors (Lipinski definition) is 1. The topological polar surface area (TPSA) is 20.2 Å². The molecule has 0 rings (SSSR count). The van der Waals surface area contributed by atoms with Crippen molar-refractivity contribution in [3.63, 3.8) is 0 Å². The molecule has 8 heavy (non-hydrogen) atoms. The van der Waals surface area contributed by atoms with Crippen LogP contribution < -0.4 is 0 Å². The molecule has 0 aliphatic rings. The Labute approximate surface area is 55.7 Å². The van der Waals surface area contributed by atoms with Crippen molar-refractivity contribution in [3.8, 4) is 0 Å². The average Bonchev–Trinajstić information content (AvgIpc) is 1.81. The van der Waals surface area contributed by atoms with Crippen LogP contribution in [0.4, 0.5) is 0 Å². The summed E-state index contributed by atoms with van der Waals surface area (Å²) in [7, 11) is 0. The van der Waals surface area contributed by atoms with Crippen molar-refractivity contribution in [2.45, 2.75) is 32.6 Å². The normalized spacial score (nSPS) is 9.75. The quantitative estimate of drug-likeness (QED) is 0.461. The van der Waals surface area contributed by atoms with Crippen molar-refractivity contribution in [3.05, 3.63) is 0 Å². The number of rotatable bonds is 5. The van der Waals surface area contributed by atoms with Crippen LogP contribution in [0.5, 0.6) is 0 Å². The third-order valence-electron chi connectivity index (χ3n) is 1.09. The van der Waals surface area contributed by atoms with Gasteiger partial charge < -0.3 is 4.55 Å². The minimum Gasteiger partial charge on any atom is -0.330 e. The fourth-order valence-electron chi connectivity index (χ4n) is 0.593. The lowest BCUT2D eigenvalue weighted by Gasteiger charge is -1.92. The number of hydrogen-bond acceptors (Lipinski definition) is 2. The molecule has 0 saturated heterocycles. The van der Waals surface area contributed by atoms with E-state index in [1.54, 1.807) is 0 Å². The first kappa shape index (κ1) is 8.31. The Bertz CT molecular complexity index is 33.5. The van der Waals surface area contributed by atoms with E-state index in [1.807, 2.05) is 0 Å². The highest BCUT2D eigenvalue weighted by Gasteiger charge is 1.84. The van der Waals surface area contributed by atoms with Crippen molar-refractivity contribution in [1.29, 1.82) is 0 Å². The molecular formula is C6H14OS. The SMILES string of the molecule is CCCCCCSO. The van der Waals surface area contributed by atoms with Crippen LogP contribution in [0.25, 0.3) is 0 Å². The van der Waals surface area contributed by atoms with Crippen LogP contribution in [-0.4, -0.2) is 10.3 Å². The molecule has 0 fully saturated rings. The van der Waals surface area contributed by atoms with Gasteiger partial charge in [-0.3, -0.25) is 0 Å². The van der Waals surface area contributed by atoms with Gasteiger partial charge in [0.25, 0.3) is 0 Å². The van der Waals surface area contributed by atoms with Gasteiger partial charge in [-0.05, 0) is 18.5 Å². The summed E-state index contributed by atoms with van der Waals surface area (Å²) in [4.78, 5) is 0. The van der Waals surface area contributed by atoms with Crippen LogP contribution in [0.3, 0.4) is 0 Å². The molecule has 0 aliphatic heterocycles. The predicted molar refractivity (Wildman–Crippen MR) is 39.2 cm³/mol. The highest BCUT2D eigenvalue weighted by Crippen LogP contribution is 2.02. The monoisotopic (exact) mass is 134 g/mol. The van der Waals surface area contributed by atoms with Gasteiger partial charge in [-0.15, -0.1) is 0 Å². The zero-order chi connectivity index (χ0) is 6.24. The van der Waals surface area contributed by atoms with E-state index >= 15 is 0 Å². The van der Waals surface area contributed by atoms with Gasteiger partial charge in [0, 0.05) is 5.75 Å². The van der Waals surface area contributed by atoms with Crippen LogP contribution in [0.2, 0.25) is 0 Å². The summed E-state index contributed by atoms with van der Waals surface area (Å²) < 4.78 is 8.28. The van der Waals surface area contributed by atoms with Crippen LogP contribution >= 0.6 is 12.0 Å². The Morgan fingerprint density at radius 1 is 1.25 bits per heavy atom. The van der Waals surface area contributed by atoms with Gasteiger partial charge in [-0.1, -0.05) is 26.2 Å². The molecule has 0 bridgehead atoms. The zero-order valence-electron chi connectivity index (χ0n) is 5.39. The summed E-state index contributed by atoms with van der Waals surface area (Å²) in [6, 6.07) is 0. The molecule has 0 aromatic rings. The van der Waals surface area contributed by atoms with E-state index in [4.69, 9.17) is 4.55 Å². The minimum atomic E-state index is 0.903. The minimum absolute atomic E-state index is 0.903. The van der Waals surface area contributed by atoms with Gasteiger partial charge in [0.15, 0.2) is 0 Å². The molecule has 1 N–H and O–H groups in total. The summed E-state index contributed by atoms with van der Waals surface area (Å²) in [5.74, 6) is 0.903. The Balaban J connectivity index is 2.53. The lowest BCUT2D eigenvalue weighted by atomic mass is 10.2. The van der Waals surface area contributed by atoms with Gasteiger partial charge >= 0.3 is 0 Å². The van der Waals surface area contributed by atoms with E-state index in [1.165, 1.54) is 19.3 Å². The summed E-state index contributed by atoms with van der Waals surface area (Å²) >= 11 is 0.952. The van der Waals surface area contributed by atoms with Crippen molar-refractivity contribution in [2.75, 3.05) is 5.75 Å². The second-order valence-corrected chi connectivity index (χ2v) is 2.56. The van der Waals surface area contributed by atoms with Crippen LogP contribution in [0.1, 0.15) is 32.6 Å². The number of unbranched alkanes of at least 4 members (excludes halogenated alkanes) is 3. The summed E-state index contributed by atoms with van der Waals surface area (Å²) in [5.41, 5.74) is 0. The van der Waals surface area contributed by atoms with Crippen LogP contribution in [0.15, 0.2) is 0 Å². The Morgan fingerprint density at radius 3 is 2.50 bits per heavy atom. The molecule has 0 amide bonds. The highest BCUT2D eigenvalue weighted by atomic mass is 32.2. The highest BCUT2D eigenvalue weighted by molar-refractivity contribution is 7.93. The second-order valence-electron chi connectivity index (χ2n) is 1.89. The first-order valence-corrected chi connectivity index (χ1v) is 4.12. The van der Waals surface area contributed by atoms with E-state index in [0.29, 0.717) is 0 Å². The fraction of sp³-hybridized carbons (Fsp3) is 1.00. The standard InChI is InChI=1S/C6H14OS/c1-2-3-4-5-6-8-7/h7H,2-6H2,1H3. The lowest BCUT2D eigenvalue weighted by molar-refractivity contribution is 0.650. The smallest absolute Gasteiger partial charge is 0.0195 e.